The first-order chi connectivity index (χ1) is 13.9. The highest BCUT2D eigenvalue weighted by molar-refractivity contribution is 6.07. The SMILES string of the molecule is CC(=O)Nc1ccc(NC(=O)c2ccc(C(=O)Nc3ccccc3C)cc2)cc1. The molecule has 3 aromatic carbocycles. The van der Waals surface area contributed by atoms with E-state index in [4.69, 9.17) is 0 Å². The van der Waals surface area contributed by atoms with Gasteiger partial charge in [-0.05, 0) is 67.1 Å². The van der Waals surface area contributed by atoms with Gasteiger partial charge in [0.1, 0.15) is 0 Å². The highest BCUT2D eigenvalue weighted by atomic mass is 16.2. The van der Waals surface area contributed by atoms with Crippen molar-refractivity contribution in [1.29, 1.82) is 0 Å². The molecule has 0 aliphatic carbocycles. The molecule has 0 aliphatic heterocycles. The lowest BCUT2D eigenvalue weighted by Crippen LogP contribution is -2.15. The molecule has 146 valence electrons. The zero-order chi connectivity index (χ0) is 20.8. The molecule has 29 heavy (non-hydrogen) atoms. The van der Waals surface area contributed by atoms with Crippen LogP contribution in [0.1, 0.15) is 33.2 Å². The van der Waals surface area contributed by atoms with Gasteiger partial charge in [0.15, 0.2) is 0 Å². The van der Waals surface area contributed by atoms with Gasteiger partial charge in [0.05, 0.1) is 0 Å². The van der Waals surface area contributed by atoms with Crippen LogP contribution in [0.2, 0.25) is 0 Å². The van der Waals surface area contributed by atoms with Crippen LogP contribution in [-0.2, 0) is 4.79 Å². The van der Waals surface area contributed by atoms with Crippen LogP contribution in [0.5, 0.6) is 0 Å². The fourth-order valence-electron chi connectivity index (χ4n) is 2.72. The molecule has 0 aliphatic rings. The maximum Gasteiger partial charge on any atom is 0.255 e. The molecule has 3 rings (SSSR count). The number of carbonyl (C=O) groups is 3. The van der Waals surface area contributed by atoms with E-state index in [0.29, 0.717) is 22.5 Å². The third-order valence-corrected chi connectivity index (χ3v) is 4.27. The van der Waals surface area contributed by atoms with Gasteiger partial charge in [-0.1, -0.05) is 18.2 Å². The summed E-state index contributed by atoms with van der Waals surface area (Å²) in [6.45, 7) is 3.35. The Bertz CT molecular complexity index is 1040. The van der Waals surface area contributed by atoms with E-state index in [0.717, 1.165) is 11.3 Å². The minimum Gasteiger partial charge on any atom is -0.326 e. The normalized spacial score (nSPS) is 10.1. The van der Waals surface area contributed by atoms with Crippen LogP contribution in [0, 0.1) is 6.92 Å². The smallest absolute Gasteiger partial charge is 0.255 e. The molecule has 0 saturated carbocycles. The molecule has 0 bridgehead atoms. The van der Waals surface area contributed by atoms with Crippen LogP contribution in [-0.4, -0.2) is 17.7 Å². The summed E-state index contributed by atoms with van der Waals surface area (Å²) >= 11 is 0. The number of benzene rings is 3. The summed E-state index contributed by atoms with van der Waals surface area (Å²) in [6.07, 6.45) is 0. The van der Waals surface area contributed by atoms with Gasteiger partial charge in [0.2, 0.25) is 5.91 Å². The Kier molecular flexibility index (Phi) is 6.04. The predicted molar refractivity (Wildman–Crippen MR) is 114 cm³/mol. The molecule has 3 N–H and O–H groups in total. The van der Waals surface area contributed by atoms with Gasteiger partial charge < -0.3 is 16.0 Å². The number of hydrogen-bond donors (Lipinski definition) is 3. The molecule has 3 amide bonds. The van der Waals surface area contributed by atoms with Gasteiger partial charge in [0.25, 0.3) is 11.8 Å². The topological polar surface area (TPSA) is 87.3 Å². The molecule has 0 heterocycles. The first-order valence-electron chi connectivity index (χ1n) is 9.08. The van der Waals surface area contributed by atoms with E-state index in [9.17, 15) is 14.4 Å². The fourth-order valence-corrected chi connectivity index (χ4v) is 2.72. The van der Waals surface area contributed by atoms with Gasteiger partial charge in [-0.25, -0.2) is 0 Å². The molecule has 0 atom stereocenters. The highest BCUT2D eigenvalue weighted by Gasteiger charge is 2.10. The van der Waals surface area contributed by atoms with Gasteiger partial charge >= 0.3 is 0 Å². The number of rotatable bonds is 5. The van der Waals surface area contributed by atoms with Gasteiger partial charge in [-0.15, -0.1) is 0 Å². The molecule has 0 fully saturated rings. The number of aryl methyl sites for hydroxylation is 1. The van der Waals surface area contributed by atoms with E-state index in [-0.39, 0.29) is 17.7 Å². The Hall–Kier alpha value is -3.93. The standard InChI is InChI=1S/C23H21N3O3/c1-15-5-3-4-6-21(15)26-23(29)18-9-7-17(8-10-18)22(28)25-20-13-11-19(12-14-20)24-16(2)27/h3-14H,1-2H3,(H,24,27)(H,25,28)(H,26,29). The van der Waals surface area contributed by atoms with Crippen molar-refractivity contribution in [2.24, 2.45) is 0 Å². The number of para-hydroxylation sites is 1. The van der Waals surface area contributed by atoms with Crippen LogP contribution >= 0.6 is 0 Å². The first-order valence-corrected chi connectivity index (χ1v) is 9.08. The van der Waals surface area contributed by atoms with Crippen molar-refractivity contribution in [2.45, 2.75) is 13.8 Å². The summed E-state index contributed by atoms with van der Waals surface area (Å²) in [5.74, 6) is -0.684. The van der Waals surface area contributed by atoms with Crippen LogP contribution < -0.4 is 16.0 Å². The maximum absolute atomic E-state index is 12.4. The summed E-state index contributed by atoms with van der Waals surface area (Å²) < 4.78 is 0. The number of carbonyl (C=O) groups excluding carboxylic acids is 3. The van der Waals surface area contributed by atoms with E-state index >= 15 is 0 Å². The van der Waals surface area contributed by atoms with Crippen molar-refractivity contribution in [3.63, 3.8) is 0 Å². The molecule has 6 nitrogen and oxygen atoms in total. The predicted octanol–water partition coefficient (Wildman–Crippen LogP) is 4.46. The molecule has 0 radical (unpaired) electrons. The maximum atomic E-state index is 12.4. The third kappa shape index (κ3) is 5.29. The Labute approximate surface area is 169 Å². The van der Waals surface area contributed by atoms with Crippen LogP contribution in [0.4, 0.5) is 17.1 Å². The van der Waals surface area contributed by atoms with E-state index in [1.165, 1.54) is 6.92 Å². The fraction of sp³-hybridized carbons (Fsp3) is 0.0870. The van der Waals surface area contributed by atoms with Crippen molar-refractivity contribution in [3.05, 3.63) is 89.5 Å². The van der Waals surface area contributed by atoms with E-state index in [2.05, 4.69) is 16.0 Å². The average molecular weight is 387 g/mol. The Balaban J connectivity index is 1.63. The molecular weight excluding hydrogens is 366 g/mol. The van der Waals surface area contributed by atoms with E-state index in [1.54, 1.807) is 48.5 Å². The van der Waals surface area contributed by atoms with Crippen molar-refractivity contribution in [3.8, 4) is 0 Å². The molecular formula is C23H21N3O3. The quantitative estimate of drug-likeness (QED) is 0.604. The number of anilines is 3. The number of amides is 3. The molecule has 0 unspecified atom stereocenters. The summed E-state index contributed by atoms with van der Waals surface area (Å²) in [7, 11) is 0. The Morgan fingerprint density at radius 3 is 1.62 bits per heavy atom. The van der Waals surface area contributed by atoms with Crippen LogP contribution in [0.25, 0.3) is 0 Å². The van der Waals surface area contributed by atoms with Crippen LogP contribution in [0.3, 0.4) is 0 Å². The number of nitrogens with one attached hydrogen (secondary N) is 3. The highest BCUT2D eigenvalue weighted by Crippen LogP contribution is 2.17. The van der Waals surface area contributed by atoms with Crippen molar-refractivity contribution in [1.82, 2.24) is 0 Å². The number of hydrogen-bond acceptors (Lipinski definition) is 3. The largest absolute Gasteiger partial charge is 0.326 e. The molecule has 0 aromatic heterocycles. The van der Waals surface area contributed by atoms with Crippen LogP contribution in [0.15, 0.2) is 72.8 Å². The minimum atomic E-state index is -0.289. The second kappa shape index (κ2) is 8.84. The summed E-state index contributed by atoms with van der Waals surface area (Å²) in [6, 6.07) is 20.8. The van der Waals surface area contributed by atoms with Crippen molar-refractivity contribution < 1.29 is 14.4 Å². The van der Waals surface area contributed by atoms with Crippen molar-refractivity contribution >= 4 is 34.8 Å². The van der Waals surface area contributed by atoms with Gasteiger partial charge in [-0.3, -0.25) is 14.4 Å². The van der Waals surface area contributed by atoms with E-state index < -0.39 is 0 Å². The summed E-state index contributed by atoms with van der Waals surface area (Å²) in [4.78, 5) is 35.9. The lowest BCUT2D eigenvalue weighted by Gasteiger charge is -2.09. The van der Waals surface area contributed by atoms with Gasteiger partial charge in [-0.2, -0.15) is 0 Å². The Morgan fingerprint density at radius 2 is 1.10 bits per heavy atom. The molecule has 6 heteroatoms. The third-order valence-electron chi connectivity index (χ3n) is 4.27. The summed E-state index contributed by atoms with van der Waals surface area (Å²) in [5, 5.41) is 8.31. The monoisotopic (exact) mass is 387 g/mol. The van der Waals surface area contributed by atoms with E-state index in [1.807, 2.05) is 31.2 Å². The lowest BCUT2D eigenvalue weighted by molar-refractivity contribution is -0.114. The second-order valence-corrected chi connectivity index (χ2v) is 6.56. The average Bonchev–Trinajstić information content (AvgIpc) is 2.71. The second-order valence-electron chi connectivity index (χ2n) is 6.56. The molecule has 0 spiro atoms. The first kappa shape index (κ1) is 19.8. The zero-order valence-electron chi connectivity index (χ0n) is 16.2. The lowest BCUT2D eigenvalue weighted by atomic mass is 10.1. The minimum absolute atomic E-state index is 0.159. The zero-order valence-corrected chi connectivity index (χ0v) is 16.2. The van der Waals surface area contributed by atoms with Gasteiger partial charge in [0, 0.05) is 35.1 Å². The molecule has 0 saturated heterocycles. The van der Waals surface area contributed by atoms with Crippen molar-refractivity contribution in [2.75, 3.05) is 16.0 Å². The summed E-state index contributed by atoms with van der Waals surface area (Å²) in [5.41, 5.74) is 3.88. The molecule has 3 aromatic rings. The Morgan fingerprint density at radius 1 is 0.621 bits per heavy atom.